The van der Waals surface area contributed by atoms with Gasteiger partial charge >= 0.3 is 0 Å². The molecule has 0 amide bonds. The molecule has 0 atom stereocenters. The van der Waals surface area contributed by atoms with Crippen molar-refractivity contribution in [3.8, 4) is 0 Å². The fraction of sp³-hybridized carbons (Fsp3) is 0.333. The largest absolute Gasteiger partial charge is 0.302 e. The van der Waals surface area contributed by atoms with E-state index in [9.17, 15) is 0 Å². The van der Waals surface area contributed by atoms with Crippen LogP contribution in [0.15, 0.2) is 36.9 Å². The second-order valence-electron chi connectivity index (χ2n) is 3.30. The van der Waals surface area contributed by atoms with Crippen LogP contribution in [0, 0.1) is 0 Å². The Morgan fingerprint density at radius 2 is 1.92 bits per heavy atom. The van der Waals surface area contributed by atoms with E-state index in [1.165, 1.54) is 11.1 Å². The minimum Gasteiger partial charge on any atom is -0.302 e. The van der Waals surface area contributed by atoms with Gasteiger partial charge in [-0.2, -0.15) is 0 Å². The molecule has 0 unspecified atom stereocenters. The highest BCUT2D eigenvalue weighted by Crippen LogP contribution is 2.11. The van der Waals surface area contributed by atoms with Crippen LogP contribution in [0.1, 0.15) is 12.5 Å². The third-order valence-corrected chi connectivity index (χ3v) is 2.18. The molecule has 0 aliphatic heterocycles. The van der Waals surface area contributed by atoms with E-state index < -0.39 is 0 Å². The highest BCUT2D eigenvalue weighted by Gasteiger charge is 2.00. The van der Waals surface area contributed by atoms with Gasteiger partial charge in [0, 0.05) is 6.54 Å². The fourth-order valence-corrected chi connectivity index (χ4v) is 1.20. The van der Waals surface area contributed by atoms with Gasteiger partial charge in [0.2, 0.25) is 0 Å². The molecule has 0 bridgehead atoms. The molecule has 13 heavy (non-hydrogen) atoms. The lowest BCUT2D eigenvalue weighted by atomic mass is 10.1. The summed E-state index contributed by atoms with van der Waals surface area (Å²) in [5.41, 5.74) is 2.42. The molecule has 1 heteroatoms. The van der Waals surface area contributed by atoms with Gasteiger partial charge in [-0.3, -0.25) is 0 Å². The summed E-state index contributed by atoms with van der Waals surface area (Å²) in [5.74, 6) is 0. The monoisotopic (exact) mass is 175 g/mol. The average Bonchev–Trinajstić information content (AvgIpc) is 2.19. The number of hydrogen-bond acceptors (Lipinski definition) is 1. The average molecular weight is 175 g/mol. The Labute approximate surface area is 80.7 Å². The lowest BCUT2D eigenvalue weighted by Gasteiger charge is -2.15. The van der Waals surface area contributed by atoms with E-state index in [-0.39, 0.29) is 0 Å². The first-order valence-corrected chi connectivity index (χ1v) is 4.65. The molecule has 1 aromatic carbocycles. The Balaban J connectivity index is 2.59. The van der Waals surface area contributed by atoms with Gasteiger partial charge in [-0.25, -0.2) is 0 Å². The summed E-state index contributed by atoms with van der Waals surface area (Å²) in [7, 11) is 2.11. The molecule has 0 aromatic heterocycles. The fourth-order valence-electron chi connectivity index (χ4n) is 1.20. The molecule has 0 radical (unpaired) electrons. The smallest absolute Gasteiger partial charge is 0.0230 e. The van der Waals surface area contributed by atoms with Crippen molar-refractivity contribution in [2.75, 3.05) is 20.1 Å². The molecule has 0 saturated heterocycles. The van der Waals surface area contributed by atoms with E-state index in [0.717, 1.165) is 13.1 Å². The van der Waals surface area contributed by atoms with Crippen molar-refractivity contribution < 1.29 is 0 Å². The van der Waals surface area contributed by atoms with E-state index >= 15 is 0 Å². The molecule has 0 saturated carbocycles. The Morgan fingerprint density at radius 3 is 2.46 bits per heavy atom. The molecule has 0 aliphatic rings. The second kappa shape index (κ2) is 4.83. The van der Waals surface area contributed by atoms with Crippen molar-refractivity contribution in [3.63, 3.8) is 0 Å². The summed E-state index contributed by atoms with van der Waals surface area (Å²) in [6, 6.07) is 10.3. The van der Waals surface area contributed by atoms with E-state index in [1.54, 1.807) is 0 Å². The molecule has 70 valence electrons. The van der Waals surface area contributed by atoms with E-state index in [1.807, 2.05) is 18.2 Å². The quantitative estimate of drug-likeness (QED) is 0.680. The molecule has 1 nitrogen and oxygen atoms in total. The lowest BCUT2D eigenvalue weighted by molar-refractivity contribution is 0.398. The minimum atomic E-state index is 0.945. The predicted octanol–water partition coefficient (Wildman–Crippen LogP) is 2.65. The first-order valence-electron chi connectivity index (χ1n) is 4.65. The predicted molar refractivity (Wildman–Crippen MR) is 58.6 cm³/mol. The molecule has 0 N–H and O–H groups in total. The first kappa shape index (κ1) is 10.0. The maximum atomic E-state index is 4.07. The number of likely N-dealkylation sites (N-methyl/N-ethyl adjacent to an activating group) is 1. The third-order valence-electron chi connectivity index (χ3n) is 2.18. The number of hydrogen-bond donors (Lipinski definition) is 0. The summed E-state index contributed by atoms with van der Waals surface area (Å²) < 4.78 is 0. The summed E-state index contributed by atoms with van der Waals surface area (Å²) in [5, 5.41) is 0. The molecule has 1 rings (SSSR count). The van der Waals surface area contributed by atoms with Crippen LogP contribution in [-0.2, 0) is 0 Å². The first-order chi connectivity index (χ1) is 6.24. The topological polar surface area (TPSA) is 3.24 Å². The van der Waals surface area contributed by atoms with Crippen LogP contribution in [0.4, 0.5) is 0 Å². The van der Waals surface area contributed by atoms with Crippen LogP contribution in [0.5, 0.6) is 0 Å². The van der Waals surface area contributed by atoms with Crippen molar-refractivity contribution in [1.29, 1.82) is 0 Å². The van der Waals surface area contributed by atoms with Crippen LogP contribution in [-0.4, -0.2) is 25.0 Å². The SMILES string of the molecule is C=C(CN(C)CC)c1ccccc1. The van der Waals surface area contributed by atoms with Gasteiger partial charge < -0.3 is 4.90 Å². The summed E-state index contributed by atoms with van der Waals surface area (Å²) in [6.07, 6.45) is 0. The van der Waals surface area contributed by atoms with Gasteiger partial charge in [0.15, 0.2) is 0 Å². The van der Waals surface area contributed by atoms with Crippen LogP contribution in [0.3, 0.4) is 0 Å². The van der Waals surface area contributed by atoms with Crippen molar-refractivity contribution in [2.24, 2.45) is 0 Å². The molecular formula is C12H17N. The zero-order valence-electron chi connectivity index (χ0n) is 8.46. The Morgan fingerprint density at radius 1 is 1.31 bits per heavy atom. The normalized spacial score (nSPS) is 10.4. The standard InChI is InChI=1S/C12H17N/c1-4-13(3)10-11(2)12-8-6-5-7-9-12/h5-9H,2,4,10H2,1,3H3. The number of rotatable bonds is 4. The molecule has 0 heterocycles. The van der Waals surface area contributed by atoms with E-state index in [0.29, 0.717) is 0 Å². The van der Waals surface area contributed by atoms with Crippen molar-refractivity contribution in [2.45, 2.75) is 6.92 Å². The lowest BCUT2D eigenvalue weighted by Crippen LogP contribution is -2.19. The van der Waals surface area contributed by atoms with Gasteiger partial charge in [0.25, 0.3) is 0 Å². The van der Waals surface area contributed by atoms with Gasteiger partial charge in [0.05, 0.1) is 0 Å². The Hall–Kier alpha value is -1.08. The van der Waals surface area contributed by atoms with Crippen molar-refractivity contribution >= 4 is 5.57 Å². The third kappa shape index (κ3) is 3.03. The van der Waals surface area contributed by atoms with Gasteiger partial charge in [-0.05, 0) is 24.7 Å². The Kier molecular flexibility index (Phi) is 3.71. The molecule has 0 fully saturated rings. The summed E-state index contributed by atoms with van der Waals surface area (Å²) in [4.78, 5) is 2.25. The number of benzene rings is 1. The van der Waals surface area contributed by atoms with Gasteiger partial charge in [-0.1, -0.05) is 43.8 Å². The molecule has 0 aliphatic carbocycles. The maximum absolute atomic E-state index is 4.07. The van der Waals surface area contributed by atoms with E-state index in [2.05, 4.69) is 37.6 Å². The van der Waals surface area contributed by atoms with Crippen LogP contribution in [0.25, 0.3) is 5.57 Å². The number of nitrogens with zero attached hydrogens (tertiary/aromatic N) is 1. The summed E-state index contributed by atoms with van der Waals surface area (Å²) in [6.45, 7) is 8.23. The van der Waals surface area contributed by atoms with Crippen molar-refractivity contribution in [1.82, 2.24) is 4.90 Å². The zero-order valence-corrected chi connectivity index (χ0v) is 8.46. The highest BCUT2D eigenvalue weighted by molar-refractivity contribution is 5.64. The molecule has 1 aromatic rings. The van der Waals surface area contributed by atoms with Crippen LogP contribution < -0.4 is 0 Å². The van der Waals surface area contributed by atoms with Gasteiger partial charge in [0.1, 0.15) is 0 Å². The van der Waals surface area contributed by atoms with Crippen LogP contribution >= 0.6 is 0 Å². The highest BCUT2D eigenvalue weighted by atomic mass is 15.1. The van der Waals surface area contributed by atoms with Crippen molar-refractivity contribution in [3.05, 3.63) is 42.5 Å². The van der Waals surface area contributed by atoms with Crippen LogP contribution in [0.2, 0.25) is 0 Å². The molecule has 0 spiro atoms. The van der Waals surface area contributed by atoms with Gasteiger partial charge in [-0.15, -0.1) is 0 Å². The minimum absolute atomic E-state index is 0.945. The summed E-state index contributed by atoms with van der Waals surface area (Å²) >= 11 is 0. The molecular weight excluding hydrogens is 158 g/mol. The second-order valence-corrected chi connectivity index (χ2v) is 3.30. The zero-order chi connectivity index (χ0) is 9.68. The van der Waals surface area contributed by atoms with E-state index in [4.69, 9.17) is 0 Å². The maximum Gasteiger partial charge on any atom is 0.0230 e. The Bertz CT molecular complexity index is 264.